The first-order valence-corrected chi connectivity index (χ1v) is 10.5. The van der Waals surface area contributed by atoms with E-state index in [1.165, 1.54) is 12.3 Å². The van der Waals surface area contributed by atoms with E-state index in [2.05, 4.69) is 38.0 Å². The number of amides is 1. The predicted molar refractivity (Wildman–Crippen MR) is 120 cm³/mol. The zero-order chi connectivity index (χ0) is 25.8. The summed E-state index contributed by atoms with van der Waals surface area (Å²) in [5.41, 5.74) is -2.39. The molecule has 0 fully saturated rings. The molecule has 0 saturated carbocycles. The molecule has 2 unspecified atom stereocenters. The number of benzene rings is 2. The van der Waals surface area contributed by atoms with Crippen LogP contribution in [0.5, 0.6) is 0 Å². The van der Waals surface area contributed by atoms with E-state index in [4.69, 9.17) is 0 Å². The van der Waals surface area contributed by atoms with Gasteiger partial charge in [-0.15, -0.1) is 5.10 Å². The van der Waals surface area contributed by atoms with Gasteiger partial charge in [0.05, 0.1) is 6.54 Å². The van der Waals surface area contributed by atoms with E-state index in [9.17, 15) is 18.7 Å². The molecule has 0 aliphatic carbocycles. The van der Waals surface area contributed by atoms with Crippen molar-refractivity contribution >= 4 is 12.1 Å². The molecule has 2 aromatic carbocycles. The number of hydrogen-bond acceptors (Lipinski definition) is 6. The summed E-state index contributed by atoms with van der Waals surface area (Å²) in [7, 11) is 0. The highest BCUT2D eigenvalue weighted by Crippen LogP contribution is 2.43. The Morgan fingerprint density at radius 1 is 1.17 bits per heavy atom. The number of carbonyl (C=O) groups excluding carboxylic acids is 1. The third kappa shape index (κ3) is 4.96. The largest absolute Gasteiger partial charge is 0.378 e. The van der Waals surface area contributed by atoms with Crippen molar-refractivity contribution in [1.29, 1.82) is 0 Å². The summed E-state index contributed by atoms with van der Waals surface area (Å²) in [6.45, 7) is -0.910. The number of rotatable bonds is 7. The Hall–Kier alpha value is -4.50. The topological polar surface area (TPSA) is 105 Å². The van der Waals surface area contributed by atoms with Crippen molar-refractivity contribution in [2.75, 3.05) is 5.32 Å². The Labute approximate surface area is 202 Å². The molecular weight excluding hydrogens is 480 g/mol. The van der Waals surface area contributed by atoms with Crippen LogP contribution >= 0.6 is 0 Å². The average molecular weight is 498 g/mol. The SMILES string of the molecule is O=CNc1ccc(C#CC2=CNC(C(F)(F)C(O)(Cn3cnnn3)c3ccc(F)cc3F)C=C2)cc1. The fraction of sp³-hybridized carbons (Fsp3) is 0.167. The molecule has 12 heteroatoms. The number of halogens is 4. The minimum atomic E-state index is -4.02. The summed E-state index contributed by atoms with van der Waals surface area (Å²) in [6.07, 6.45) is 5.20. The molecule has 8 nitrogen and oxygen atoms in total. The number of carbonyl (C=O) groups is 1. The molecule has 184 valence electrons. The zero-order valence-electron chi connectivity index (χ0n) is 18.4. The van der Waals surface area contributed by atoms with Crippen molar-refractivity contribution in [3.63, 3.8) is 0 Å². The third-order valence-corrected chi connectivity index (χ3v) is 5.45. The van der Waals surface area contributed by atoms with Crippen LogP contribution in [0, 0.1) is 23.5 Å². The van der Waals surface area contributed by atoms with Crippen LogP contribution in [-0.4, -0.2) is 43.7 Å². The second-order valence-corrected chi connectivity index (χ2v) is 7.81. The van der Waals surface area contributed by atoms with E-state index in [0.717, 1.165) is 29.2 Å². The van der Waals surface area contributed by atoms with Gasteiger partial charge in [0.2, 0.25) is 6.41 Å². The maximum atomic E-state index is 15.8. The van der Waals surface area contributed by atoms with Gasteiger partial charge in [-0.2, -0.15) is 0 Å². The molecule has 36 heavy (non-hydrogen) atoms. The lowest BCUT2D eigenvalue weighted by atomic mass is 9.82. The van der Waals surface area contributed by atoms with Gasteiger partial charge in [-0.25, -0.2) is 22.2 Å². The monoisotopic (exact) mass is 498 g/mol. The normalized spacial score (nSPS) is 16.7. The number of allylic oxidation sites excluding steroid dienone is 2. The van der Waals surface area contributed by atoms with E-state index < -0.39 is 41.3 Å². The van der Waals surface area contributed by atoms with E-state index >= 15 is 8.78 Å². The van der Waals surface area contributed by atoms with Gasteiger partial charge in [0.15, 0.2) is 5.60 Å². The van der Waals surface area contributed by atoms with Crippen LogP contribution in [0.2, 0.25) is 0 Å². The minimum Gasteiger partial charge on any atom is -0.378 e. The van der Waals surface area contributed by atoms with Crippen LogP contribution in [0.3, 0.4) is 0 Å². The van der Waals surface area contributed by atoms with Gasteiger partial charge in [-0.1, -0.05) is 17.9 Å². The third-order valence-electron chi connectivity index (χ3n) is 5.45. The number of tetrazole rings is 1. The van der Waals surface area contributed by atoms with Crippen LogP contribution in [0.1, 0.15) is 11.1 Å². The summed E-state index contributed by atoms with van der Waals surface area (Å²) in [6, 6.07) is 6.82. The number of dihydropyridines is 1. The van der Waals surface area contributed by atoms with Gasteiger partial charge in [0.1, 0.15) is 24.0 Å². The molecule has 0 radical (unpaired) electrons. The second kappa shape index (κ2) is 10.0. The van der Waals surface area contributed by atoms with E-state index in [-0.39, 0.29) is 0 Å². The van der Waals surface area contributed by atoms with Gasteiger partial charge in [0, 0.05) is 34.7 Å². The quantitative estimate of drug-likeness (QED) is 0.263. The maximum Gasteiger partial charge on any atom is 0.305 e. The average Bonchev–Trinajstić information content (AvgIpc) is 3.36. The van der Waals surface area contributed by atoms with Crippen molar-refractivity contribution in [3.8, 4) is 11.8 Å². The molecule has 2 heterocycles. The van der Waals surface area contributed by atoms with Crippen LogP contribution in [0.15, 0.2) is 72.7 Å². The molecule has 2 atom stereocenters. The van der Waals surface area contributed by atoms with Gasteiger partial charge < -0.3 is 15.7 Å². The van der Waals surface area contributed by atoms with E-state index in [1.807, 2.05) is 0 Å². The fourth-order valence-electron chi connectivity index (χ4n) is 3.59. The summed E-state index contributed by atoms with van der Waals surface area (Å²) in [5.74, 6) is -0.676. The molecule has 0 spiro atoms. The van der Waals surface area contributed by atoms with Gasteiger partial charge in [0.25, 0.3) is 0 Å². The molecule has 0 bridgehead atoms. The Balaban J connectivity index is 1.58. The maximum absolute atomic E-state index is 15.8. The number of anilines is 1. The van der Waals surface area contributed by atoms with Crippen LogP contribution in [0.25, 0.3) is 0 Å². The molecule has 0 saturated heterocycles. The lowest BCUT2D eigenvalue weighted by Gasteiger charge is -2.40. The predicted octanol–water partition coefficient (Wildman–Crippen LogP) is 2.51. The molecule has 3 aromatic rings. The highest BCUT2D eigenvalue weighted by Gasteiger charge is 2.59. The van der Waals surface area contributed by atoms with E-state index in [0.29, 0.717) is 29.3 Å². The van der Waals surface area contributed by atoms with Crippen molar-refractivity contribution in [1.82, 2.24) is 25.5 Å². The smallest absolute Gasteiger partial charge is 0.305 e. The number of aromatic nitrogens is 4. The van der Waals surface area contributed by atoms with Crippen molar-refractivity contribution < 1.29 is 27.5 Å². The Morgan fingerprint density at radius 2 is 1.94 bits per heavy atom. The molecule has 1 aliphatic rings. The van der Waals surface area contributed by atoms with E-state index in [1.54, 1.807) is 24.3 Å². The minimum absolute atomic E-state index is 0.370. The zero-order valence-corrected chi connectivity index (χ0v) is 18.4. The molecule has 4 rings (SSSR count). The first-order valence-electron chi connectivity index (χ1n) is 10.5. The first-order chi connectivity index (χ1) is 17.2. The van der Waals surface area contributed by atoms with Gasteiger partial charge in [-0.05, 0) is 52.9 Å². The standard InChI is InChI=1S/C24H18F4N6O2/c25-18-6-9-20(21(26)11-18)23(36,13-34-14-31-32-33-34)24(27,28)22-10-5-17(12-29-22)2-1-16-3-7-19(8-4-16)30-15-35/h3-12,14-15,22,29,36H,13H2,(H,30,35). The Morgan fingerprint density at radius 3 is 2.56 bits per heavy atom. The summed E-state index contributed by atoms with van der Waals surface area (Å²) < 4.78 is 60.4. The molecular formula is C24H18F4N6O2. The van der Waals surface area contributed by atoms with Crippen molar-refractivity contribution in [2.45, 2.75) is 24.1 Å². The first kappa shape index (κ1) is 24.6. The van der Waals surface area contributed by atoms with Crippen molar-refractivity contribution in [3.05, 3.63) is 95.5 Å². The molecule has 1 amide bonds. The number of hydrogen-bond donors (Lipinski definition) is 3. The summed E-state index contributed by atoms with van der Waals surface area (Å²) in [5, 5.41) is 26.4. The summed E-state index contributed by atoms with van der Waals surface area (Å²) >= 11 is 0. The lowest BCUT2D eigenvalue weighted by molar-refractivity contribution is -0.206. The second-order valence-electron chi connectivity index (χ2n) is 7.81. The summed E-state index contributed by atoms with van der Waals surface area (Å²) in [4.78, 5) is 10.5. The van der Waals surface area contributed by atoms with Crippen LogP contribution in [0.4, 0.5) is 23.2 Å². The number of alkyl halides is 2. The highest BCUT2D eigenvalue weighted by atomic mass is 19.3. The number of nitrogens with one attached hydrogen (secondary N) is 2. The van der Waals surface area contributed by atoms with Crippen molar-refractivity contribution in [2.24, 2.45) is 0 Å². The van der Waals surface area contributed by atoms with Gasteiger partial charge >= 0.3 is 5.92 Å². The van der Waals surface area contributed by atoms with Crippen LogP contribution in [-0.2, 0) is 16.9 Å². The Bertz CT molecular complexity index is 1360. The molecule has 1 aromatic heterocycles. The van der Waals surface area contributed by atoms with Crippen LogP contribution < -0.4 is 10.6 Å². The molecule has 1 aliphatic heterocycles. The Kier molecular flexibility index (Phi) is 6.84. The number of aliphatic hydroxyl groups is 1. The molecule has 3 N–H and O–H groups in total. The highest BCUT2D eigenvalue weighted by molar-refractivity contribution is 5.71. The van der Waals surface area contributed by atoms with Gasteiger partial charge in [-0.3, -0.25) is 4.79 Å². The number of nitrogens with zero attached hydrogens (tertiary/aromatic N) is 4. The fourth-order valence-corrected chi connectivity index (χ4v) is 3.59. The lowest BCUT2D eigenvalue weighted by Crippen LogP contribution is -2.59.